The van der Waals surface area contributed by atoms with E-state index >= 15 is 0 Å². The first-order valence-corrected chi connectivity index (χ1v) is 19.5. The quantitative estimate of drug-likeness (QED) is 0.118. The summed E-state index contributed by atoms with van der Waals surface area (Å²) in [5.74, 6) is 0. The van der Waals surface area contributed by atoms with E-state index in [2.05, 4.69) is 205 Å². The summed E-state index contributed by atoms with van der Waals surface area (Å²) >= 11 is 0. The Morgan fingerprint density at radius 3 is 1.98 bits per heavy atom. The van der Waals surface area contributed by atoms with Crippen LogP contribution in [-0.2, 0) is 10.8 Å². The molecule has 0 fully saturated rings. The van der Waals surface area contributed by atoms with Crippen molar-refractivity contribution in [1.29, 1.82) is 0 Å². The van der Waals surface area contributed by atoms with Crippen LogP contribution in [0.4, 0.5) is 11.4 Å². The van der Waals surface area contributed by atoms with Gasteiger partial charge in [-0.2, -0.15) is 0 Å². The maximum Gasteiger partial charge on any atom is 0.0468 e. The Kier molecular flexibility index (Phi) is 7.99. The van der Waals surface area contributed by atoms with Crippen LogP contribution in [0.25, 0.3) is 59.8 Å². The SMILES string of the molecule is C=C/C=C(\C=C/C)N(c1ccc2c3c(ccc2c1)-c1cc2ccccc2cc1C3(C)C)c1ccc2c3c(c4ccccc4c2c1)C(/C=C\C)=C(C=C)C3(C)C. The molecule has 7 aromatic carbocycles. The fourth-order valence-corrected chi connectivity index (χ4v) is 9.97. The molecule has 0 N–H and O–H groups in total. The number of rotatable bonds is 7. The van der Waals surface area contributed by atoms with E-state index in [1.54, 1.807) is 0 Å². The third-order valence-corrected chi connectivity index (χ3v) is 12.3. The van der Waals surface area contributed by atoms with Gasteiger partial charge in [-0.1, -0.05) is 144 Å². The number of allylic oxidation sites excluding steroid dienone is 9. The molecule has 0 aromatic heterocycles. The van der Waals surface area contributed by atoms with Gasteiger partial charge in [-0.15, -0.1) is 0 Å². The molecule has 1 heteroatoms. The number of hydrogen-bond donors (Lipinski definition) is 0. The van der Waals surface area contributed by atoms with Gasteiger partial charge in [0.25, 0.3) is 0 Å². The van der Waals surface area contributed by atoms with Crippen molar-refractivity contribution < 1.29 is 0 Å². The number of fused-ring (bicyclic) bond motifs is 12. The topological polar surface area (TPSA) is 3.24 Å². The second kappa shape index (κ2) is 12.7. The van der Waals surface area contributed by atoms with E-state index in [1.165, 1.54) is 87.6 Å². The maximum absolute atomic E-state index is 4.29. The van der Waals surface area contributed by atoms with Crippen LogP contribution < -0.4 is 4.90 Å². The summed E-state index contributed by atoms with van der Waals surface area (Å²) in [6.07, 6.45) is 14.8. The molecule has 0 amide bonds. The average Bonchev–Trinajstić information content (AvgIpc) is 3.56. The second-order valence-electron chi connectivity index (χ2n) is 16.1. The molecule has 0 radical (unpaired) electrons. The van der Waals surface area contributed by atoms with Gasteiger partial charge in [0, 0.05) is 27.9 Å². The molecule has 0 atom stereocenters. The minimum atomic E-state index is -0.201. The van der Waals surface area contributed by atoms with Crippen LogP contribution in [0.5, 0.6) is 0 Å². The third-order valence-electron chi connectivity index (χ3n) is 12.3. The summed E-state index contributed by atoms with van der Waals surface area (Å²) in [5.41, 5.74) is 13.7. The Balaban J connectivity index is 1.26. The van der Waals surface area contributed by atoms with Crippen LogP contribution in [0.2, 0.25) is 0 Å². The van der Waals surface area contributed by atoms with E-state index in [1.807, 2.05) is 6.08 Å². The Morgan fingerprint density at radius 1 is 0.582 bits per heavy atom. The second-order valence-corrected chi connectivity index (χ2v) is 16.1. The van der Waals surface area contributed by atoms with Gasteiger partial charge in [0.15, 0.2) is 0 Å². The molecule has 7 aromatic rings. The van der Waals surface area contributed by atoms with Crippen molar-refractivity contribution >= 4 is 60.0 Å². The summed E-state index contributed by atoms with van der Waals surface area (Å²) in [6.45, 7) is 22.1. The molecule has 2 aliphatic carbocycles. The smallest absolute Gasteiger partial charge is 0.0468 e. The van der Waals surface area contributed by atoms with Crippen LogP contribution in [0.3, 0.4) is 0 Å². The summed E-state index contributed by atoms with van der Waals surface area (Å²) < 4.78 is 0. The van der Waals surface area contributed by atoms with Crippen molar-refractivity contribution in [2.24, 2.45) is 0 Å². The van der Waals surface area contributed by atoms with Gasteiger partial charge < -0.3 is 4.90 Å². The number of nitrogens with zero attached hydrogens (tertiary/aromatic N) is 1. The predicted molar refractivity (Wildman–Crippen MR) is 241 cm³/mol. The molecule has 55 heavy (non-hydrogen) atoms. The lowest BCUT2D eigenvalue weighted by atomic mass is 9.78. The highest BCUT2D eigenvalue weighted by atomic mass is 15.1. The van der Waals surface area contributed by atoms with Crippen LogP contribution in [-0.4, -0.2) is 0 Å². The van der Waals surface area contributed by atoms with Crippen molar-refractivity contribution in [2.75, 3.05) is 4.90 Å². The highest BCUT2D eigenvalue weighted by Crippen LogP contribution is 2.55. The minimum Gasteiger partial charge on any atom is -0.310 e. The minimum absolute atomic E-state index is 0.130. The molecule has 0 saturated heterocycles. The molecule has 0 unspecified atom stereocenters. The Bertz CT molecular complexity index is 2920. The van der Waals surface area contributed by atoms with E-state index in [-0.39, 0.29) is 10.8 Å². The van der Waals surface area contributed by atoms with E-state index in [9.17, 15) is 0 Å². The van der Waals surface area contributed by atoms with Gasteiger partial charge in [-0.3, -0.25) is 0 Å². The van der Waals surface area contributed by atoms with Gasteiger partial charge in [-0.05, 0) is 150 Å². The van der Waals surface area contributed by atoms with E-state index in [0.29, 0.717) is 0 Å². The molecule has 2 aliphatic rings. The Labute approximate surface area is 325 Å². The van der Waals surface area contributed by atoms with Gasteiger partial charge in [0.2, 0.25) is 0 Å². The molecule has 9 rings (SSSR count). The van der Waals surface area contributed by atoms with Crippen LogP contribution in [0.1, 0.15) is 63.8 Å². The first kappa shape index (κ1) is 34.6. The lowest BCUT2D eigenvalue weighted by molar-refractivity contribution is 0.661. The van der Waals surface area contributed by atoms with E-state index in [4.69, 9.17) is 0 Å². The Hall–Kier alpha value is -6.18. The van der Waals surface area contributed by atoms with Crippen molar-refractivity contribution in [2.45, 2.75) is 52.4 Å². The molecule has 0 spiro atoms. The molecule has 0 heterocycles. The first-order valence-electron chi connectivity index (χ1n) is 19.5. The normalized spacial score (nSPS) is 15.8. The molecule has 0 bridgehead atoms. The average molecular weight is 710 g/mol. The van der Waals surface area contributed by atoms with Crippen molar-refractivity contribution in [3.63, 3.8) is 0 Å². The molecular weight excluding hydrogens is 663 g/mol. The molecule has 0 aliphatic heterocycles. The van der Waals surface area contributed by atoms with Crippen molar-refractivity contribution in [3.8, 4) is 11.1 Å². The largest absolute Gasteiger partial charge is 0.310 e. The van der Waals surface area contributed by atoms with Crippen LogP contribution in [0, 0.1) is 0 Å². The number of hydrogen-bond acceptors (Lipinski definition) is 1. The van der Waals surface area contributed by atoms with Gasteiger partial charge in [0.05, 0.1) is 0 Å². The lowest BCUT2D eigenvalue weighted by Gasteiger charge is -2.29. The monoisotopic (exact) mass is 709 g/mol. The van der Waals surface area contributed by atoms with Crippen LogP contribution >= 0.6 is 0 Å². The van der Waals surface area contributed by atoms with Gasteiger partial charge in [0.1, 0.15) is 0 Å². The summed E-state index contributed by atoms with van der Waals surface area (Å²) in [7, 11) is 0. The van der Waals surface area contributed by atoms with E-state index < -0.39 is 0 Å². The lowest BCUT2D eigenvalue weighted by Crippen LogP contribution is -2.18. The summed E-state index contributed by atoms with van der Waals surface area (Å²) in [4.78, 5) is 2.38. The molecule has 268 valence electrons. The zero-order valence-corrected chi connectivity index (χ0v) is 32.8. The highest BCUT2D eigenvalue weighted by Gasteiger charge is 2.39. The zero-order chi connectivity index (χ0) is 38.2. The first-order chi connectivity index (χ1) is 26.6. The zero-order valence-electron chi connectivity index (χ0n) is 32.8. The molecule has 1 nitrogen and oxygen atoms in total. The van der Waals surface area contributed by atoms with Crippen molar-refractivity contribution in [1.82, 2.24) is 0 Å². The highest BCUT2D eigenvalue weighted by molar-refractivity contribution is 6.18. The third kappa shape index (κ3) is 4.99. The molecular formula is C54H47N. The summed E-state index contributed by atoms with van der Waals surface area (Å²) in [5, 5.41) is 10.2. The predicted octanol–water partition coefficient (Wildman–Crippen LogP) is 15.2. The van der Waals surface area contributed by atoms with Gasteiger partial charge >= 0.3 is 0 Å². The standard InChI is InChI=1S/C54H47N/c1-9-17-37(18-10-2)55(38-25-28-40-36(30-38)24-27-44-47-31-34-20-13-14-21-35(34)32-49(47)54(7,8)51(40)44)39-26-29-43-46(33-39)41-22-15-16-23-42(41)50-45(19-11-3)48(12-4)53(5,6)52(43)50/h9-33H,1,4H2,2-3,5-8H3/b18-10-,19-11-,37-17+. The fraction of sp³-hybridized carbons (Fsp3) is 0.148. The maximum atomic E-state index is 4.29. The van der Waals surface area contributed by atoms with Crippen molar-refractivity contribution in [3.05, 3.63) is 198 Å². The van der Waals surface area contributed by atoms with Gasteiger partial charge in [-0.25, -0.2) is 0 Å². The Morgan fingerprint density at radius 2 is 1.27 bits per heavy atom. The summed E-state index contributed by atoms with van der Waals surface area (Å²) in [6, 6.07) is 41.1. The molecule has 0 saturated carbocycles. The number of benzene rings is 7. The fourth-order valence-electron chi connectivity index (χ4n) is 9.97. The van der Waals surface area contributed by atoms with E-state index in [0.717, 1.165) is 17.1 Å². The van der Waals surface area contributed by atoms with Crippen LogP contribution in [0.15, 0.2) is 176 Å². The number of anilines is 2.